The average Bonchev–Trinajstić information content (AvgIpc) is 2.39. The van der Waals surface area contributed by atoms with Crippen molar-refractivity contribution in [2.75, 3.05) is 6.61 Å². The molecule has 0 aliphatic carbocycles. The van der Waals surface area contributed by atoms with E-state index in [9.17, 15) is 30.0 Å². The highest BCUT2D eigenvalue weighted by Crippen LogP contribution is 2.30. The van der Waals surface area contributed by atoms with Gasteiger partial charge < -0.3 is 40.7 Å². The SMILES string of the molecule is CC(=O)N[C@H]1[C@H]([C@H](O)[C@@H](O)CO)O[C@@](O)(C(=O)O)C[C@@H]1O. The Hall–Kier alpha value is -1.30. The lowest BCUT2D eigenvalue weighted by atomic mass is 9.88. The number of nitrogens with one attached hydrogen (secondary N) is 1. The second-order valence-electron chi connectivity index (χ2n) is 4.91. The van der Waals surface area contributed by atoms with E-state index >= 15 is 0 Å². The van der Waals surface area contributed by atoms with E-state index in [-0.39, 0.29) is 0 Å². The molecule has 0 aromatic carbocycles. The summed E-state index contributed by atoms with van der Waals surface area (Å²) in [6, 6.07) is -1.27. The molecule has 122 valence electrons. The van der Waals surface area contributed by atoms with E-state index in [0.29, 0.717) is 0 Å². The Labute approximate surface area is 119 Å². The standard InChI is InChI=1S/C11H19NO9/c1-4(14)12-7-5(15)2-11(20,10(18)19)21-9(7)8(17)6(16)3-13/h5-9,13,15-17,20H,2-3H2,1H3,(H,12,14)(H,18,19)/t5-,6-,7+,8+,9+,11+/m0/s1. The van der Waals surface area contributed by atoms with Gasteiger partial charge in [0.05, 0.1) is 18.8 Å². The molecule has 1 fully saturated rings. The Morgan fingerprint density at radius 3 is 2.43 bits per heavy atom. The van der Waals surface area contributed by atoms with Gasteiger partial charge in [0.2, 0.25) is 5.91 Å². The van der Waals surface area contributed by atoms with Crippen LogP contribution in [0.25, 0.3) is 0 Å². The van der Waals surface area contributed by atoms with Crippen molar-refractivity contribution in [2.45, 2.75) is 49.6 Å². The third kappa shape index (κ3) is 3.87. The maximum Gasteiger partial charge on any atom is 0.364 e. The largest absolute Gasteiger partial charge is 0.477 e. The van der Waals surface area contributed by atoms with Crippen LogP contribution in [0.1, 0.15) is 13.3 Å². The van der Waals surface area contributed by atoms with E-state index in [1.807, 2.05) is 0 Å². The number of hydrogen-bond donors (Lipinski definition) is 7. The van der Waals surface area contributed by atoms with Crippen LogP contribution in [0.5, 0.6) is 0 Å². The summed E-state index contributed by atoms with van der Waals surface area (Å²) in [4.78, 5) is 22.1. The van der Waals surface area contributed by atoms with Gasteiger partial charge in [-0.3, -0.25) is 4.79 Å². The molecular formula is C11H19NO9. The van der Waals surface area contributed by atoms with Gasteiger partial charge in [-0.1, -0.05) is 0 Å². The Kier molecular flexibility index (Phi) is 5.61. The first-order valence-electron chi connectivity index (χ1n) is 6.18. The van der Waals surface area contributed by atoms with Gasteiger partial charge in [0, 0.05) is 13.3 Å². The summed E-state index contributed by atoms with van der Waals surface area (Å²) in [7, 11) is 0. The van der Waals surface area contributed by atoms with Crippen LogP contribution in [0.3, 0.4) is 0 Å². The fourth-order valence-electron chi connectivity index (χ4n) is 2.14. The highest BCUT2D eigenvalue weighted by atomic mass is 16.7. The summed E-state index contributed by atoms with van der Waals surface area (Å²) in [6.07, 6.45) is -7.48. The fourth-order valence-corrected chi connectivity index (χ4v) is 2.14. The first-order chi connectivity index (χ1) is 9.62. The number of carboxylic acid groups (broad SMARTS) is 1. The van der Waals surface area contributed by atoms with Crippen LogP contribution in [0, 0.1) is 0 Å². The quantitative estimate of drug-likeness (QED) is 0.268. The second-order valence-corrected chi connectivity index (χ2v) is 4.91. The molecule has 1 rings (SSSR count). The first kappa shape index (κ1) is 17.8. The van der Waals surface area contributed by atoms with Crippen LogP contribution in [0.2, 0.25) is 0 Å². The third-order valence-electron chi connectivity index (χ3n) is 3.21. The Balaban J connectivity index is 3.07. The lowest BCUT2D eigenvalue weighted by Gasteiger charge is -2.44. The molecule has 1 amide bonds. The maximum absolute atomic E-state index is 11.1. The minimum Gasteiger partial charge on any atom is -0.477 e. The van der Waals surface area contributed by atoms with Crippen LogP contribution in [-0.4, -0.2) is 85.4 Å². The van der Waals surface area contributed by atoms with Gasteiger partial charge in [0.25, 0.3) is 5.79 Å². The molecule has 10 heteroatoms. The third-order valence-corrected chi connectivity index (χ3v) is 3.21. The van der Waals surface area contributed by atoms with Crippen molar-refractivity contribution < 1.29 is 45.0 Å². The normalized spacial score (nSPS) is 35.8. The fraction of sp³-hybridized carbons (Fsp3) is 0.818. The van der Waals surface area contributed by atoms with E-state index in [1.54, 1.807) is 0 Å². The van der Waals surface area contributed by atoms with Gasteiger partial charge in [-0.2, -0.15) is 0 Å². The van der Waals surface area contributed by atoms with Gasteiger partial charge >= 0.3 is 5.97 Å². The number of hydrogen-bond acceptors (Lipinski definition) is 8. The van der Waals surface area contributed by atoms with E-state index < -0.39 is 61.1 Å². The molecule has 1 saturated heterocycles. The first-order valence-corrected chi connectivity index (χ1v) is 6.18. The predicted molar refractivity (Wildman–Crippen MR) is 64.8 cm³/mol. The molecule has 0 aromatic rings. The van der Waals surface area contributed by atoms with Crippen LogP contribution >= 0.6 is 0 Å². The maximum atomic E-state index is 11.1. The van der Waals surface area contributed by atoms with Gasteiger partial charge in [-0.25, -0.2) is 4.79 Å². The molecule has 0 bridgehead atoms. The molecule has 0 spiro atoms. The number of aliphatic hydroxyl groups excluding tert-OH is 4. The van der Waals surface area contributed by atoms with E-state index in [0.717, 1.165) is 6.92 Å². The van der Waals surface area contributed by atoms with Crippen molar-refractivity contribution in [2.24, 2.45) is 0 Å². The molecule has 0 radical (unpaired) electrons. The monoisotopic (exact) mass is 309 g/mol. The molecule has 7 N–H and O–H groups in total. The summed E-state index contributed by atoms with van der Waals surface area (Å²) in [5.74, 6) is -5.17. The van der Waals surface area contributed by atoms with Gasteiger partial charge in [-0.05, 0) is 0 Å². The van der Waals surface area contributed by atoms with Gasteiger partial charge in [0.1, 0.15) is 18.3 Å². The summed E-state index contributed by atoms with van der Waals surface area (Å²) in [5.41, 5.74) is 0. The molecule has 6 atom stereocenters. The number of carbonyl (C=O) groups is 2. The number of ether oxygens (including phenoxy) is 1. The molecular weight excluding hydrogens is 290 g/mol. The summed E-state index contributed by atoms with van der Waals surface area (Å²) >= 11 is 0. The van der Waals surface area contributed by atoms with Crippen molar-refractivity contribution in [1.29, 1.82) is 0 Å². The van der Waals surface area contributed by atoms with Crippen molar-refractivity contribution in [1.82, 2.24) is 5.32 Å². The molecule has 0 aromatic heterocycles. The molecule has 0 saturated carbocycles. The van der Waals surface area contributed by atoms with Crippen molar-refractivity contribution in [3.05, 3.63) is 0 Å². The Bertz CT molecular complexity index is 403. The number of amides is 1. The Morgan fingerprint density at radius 1 is 1.43 bits per heavy atom. The number of aliphatic carboxylic acids is 1. The smallest absolute Gasteiger partial charge is 0.364 e. The minimum atomic E-state index is -2.78. The average molecular weight is 309 g/mol. The predicted octanol–water partition coefficient (Wildman–Crippen LogP) is -3.87. The summed E-state index contributed by atoms with van der Waals surface area (Å²) in [6.45, 7) is 0.256. The minimum absolute atomic E-state index is 0.598. The van der Waals surface area contributed by atoms with Crippen molar-refractivity contribution in [3.63, 3.8) is 0 Å². The molecule has 1 heterocycles. The van der Waals surface area contributed by atoms with E-state index in [4.69, 9.17) is 14.9 Å². The number of carboxylic acids is 1. The highest BCUT2D eigenvalue weighted by molar-refractivity contribution is 5.76. The van der Waals surface area contributed by atoms with Crippen LogP contribution < -0.4 is 5.32 Å². The molecule has 1 aliphatic rings. The molecule has 0 unspecified atom stereocenters. The number of carbonyl (C=O) groups excluding carboxylic acids is 1. The van der Waals surface area contributed by atoms with E-state index in [1.165, 1.54) is 0 Å². The molecule has 1 aliphatic heterocycles. The van der Waals surface area contributed by atoms with Gasteiger partial charge in [-0.15, -0.1) is 0 Å². The number of rotatable bonds is 5. The van der Waals surface area contributed by atoms with Crippen molar-refractivity contribution in [3.8, 4) is 0 Å². The highest BCUT2D eigenvalue weighted by Gasteiger charge is 2.53. The van der Waals surface area contributed by atoms with Crippen LogP contribution in [-0.2, 0) is 14.3 Å². The summed E-state index contributed by atoms with van der Waals surface area (Å²) < 4.78 is 4.86. The summed E-state index contributed by atoms with van der Waals surface area (Å²) in [5, 5.41) is 59.0. The number of aliphatic hydroxyl groups is 5. The molecule has 10 nitrogen and oxygen atoms in total. The molecule has 21 heavy (non-hydrogen) atoms. The zero-order chi connectivity index (χ0) is 16.4. The zero-order valence-corrected chi connectivity index (χ0v) is 11.2. The lowest BCUT2D eigenvalue weighted by molar-refractivity contribution is -0.295. The zero-order valence-electron chi connectivity index (χ0n) is 11.2. The van der Waals surface area contributed by atoms with Crippen molar-refractivity contribution >= 4 is 11.9 Å². The van der Waals surface area contributed by atoms with Crippen LogP contribution in [0.15, 0.2) is 0 Å². The Morgan fingerprint density at radius 2 is 2.00 bits per heavy atom. The van der Waals surface area contributed by atoms with Crippen LogP contribution in [0.4, 0.5) is 0 Å². The van der Waals surface area contributed by atoms with E-state index in [2.05, 4.69) is 5.32 Å². The topological polar surface area (TPSA) is 177 Å². The lowest BCUT2D eigenvalue weighted by Crippen LogP contribution is -2.67. The second kappa shape index (κ2) is 6.64. The van der Waals surface area contributed by atoms with Gasteiger partial charge in [0.15, 0.2) is 0 Å².